The van der Waals surface area contributed by atoms with Gasteiger partial charge in [-0.2, -0.15) is 4.98 Å². The second-order valence-corrected chi connectivity index (χ2v) is 4.77. The molecule has 2 heterocycles. The van der Waals surface area contributed by atoms with Gasteiger partial charge < -0.3 is 10.5 Å². The lowest BCUT2D eigenvalue weighted by Gasteiger charge is -2.10. The van der Waals surface area contributed by atoms with Crippen LogP contribution in [0.1, 0.15) is 18.3 Å². The van der Waals surface area contributed by atoms with E-state index in [-0.39, 0.29) is 0 Å². The number of hydrogen-bond donors (Lipinski definition) is 1. The monoisotopic (exact) mass is 280 g/mol. The number of aryl methyl sites for hydroxylation is 1. The van der Waals surface area contributed by atoms with E-state index in [1.165, 1.54) is 0 Å². The summed E-state index contributed by atoms with van der Waals surface area (Å²) in [6.45, 7) is 3.82. The van der Waals surface area contributed by atoms with Gasteiger partial charge in [0.1, 0.15) is 17.4 Å². The normalized spacial score (nSPS) is 10.8. The number of fused-ring (bicyclic) bond motifs is 1. The smallest absolute Gasteiger partial charge is 0.227 e. The molecule has 0 spiro atoms. The number of ether oxygens (including phenoxy) is 1. The first-order chi connectivity index (χ1) is 10.2. The minimum atomic E-state index is 0.450. The number of pyridine rings is 1. The number of hydrogen-bond acceptors (Lipinski definition) is 5. The lowest BCUT2D eigenvalue weighted by molar-refractivity contribution is 0.454. The first-order valence-corrected chi connectivity index (χ1v) is 6.83. The highest BCUT2D eigenvalue weighted by molar-refractivity contribution is 5.79. The summed E-state index contributed by atoms with van der Waals surface area (Å²) in [6, 6.07) is 9.82. The van der Waals surface area contributed by atoms with Gasteiger partial charge in [-0.15, -0.1) is 0 Å². The molecule has 5 nitrogen and oxygen atoms in total. The minimum Gasteiger partial charge on any atom is -0.437 e. The predicted molar refractivity (Wildman–Crippen MR) is 82.4 cm³/mol. The molecule has 0 aliphatic rings. The van der Waals surface area contributed by atoms with E-state index in [9.17, 15) is 0 Å². The number of nitrogens with zero attached hydrogens (tertiary/aromatic N) is 3. The van der Waals surface area contributed by atoms with Gasteiger partial charge in [-0.25, -0.2) is 4.98 Å². The molecule has 0 radical (unpaired) electrons. The Labute approximate surface area is 122 Å². The number of benzene rings is 1. The van der Waals surface area contributed by atoms with Crippen molar-refractivity contribution >= 4 is 16.7 Å². The fourth-order valence-corrected chi connectivity index (χ4v) is 2.03. The molecule has 2 aromatic heterocycles. The average Bonchev–Trinajstić information content (AvgIpc) is 2.51. The Morgan fingerprint density at radius 1 is 1.19 bits per heavy atom. The highest BCUT2D eigenvalue weighted by atomic mass is 16.5. The first kappa shape index (κ1) is 13.3. The van der Waals surface area contributed by atoms with Crippen LogP contribution in [0.3, 0.4) is 0 Å². The van der Waals surface area contributed by atoms with Crippen LogP contribution in [0.4, 0.5) is 5.82 Å². The molecule has 1 aromatic carbocycles. The van der Waals surface area contributed by atoms with E-state index >= 15 is 0 Å². The zero-order chi connectivity index (χ0) is 14.8. The molecule has 0 bridgehead atoms. The van der Waals surface area contributed by atoms with E-state index in [0.717, 1.165) is 16.5 Å². The maximum atomic E-state index is 5.89. The van der Waals surface area contributed by atoms with Crippen LogP contribution in [0.5, 0.6) is 11.6 Å². The molecular formula is C16H16N4O. The van der Waals surface area contributed by atoms with Crippen LogP contribution in [-0.4, -0.2) is 15.0 Å². The lowest BCUT2D eigenvalue weighted by atomic mass is 10.2. The Balaban J connectivity index is 2.00. The van der Waals surface area contributed by atoms with Crippen molar-refractivity contribution < 1.29 is 4.74 Å². The molecule has 0 unspecified atom stereocenters. The molecule has 3 aromatic rings. The Bertz CT molecular complexity index is 801. The molecule has 0 saturated heterocycles. The maximum absolute atomic E-state index is 5.89. The number of rotatable bonds is 3. The van der Waals surface area contributed by atoms with Crippen LogP contribution in [-0.2, 0) is 6.42 Å². The summed E-state index contributed by atoms with van der Waals surface area (Å²) in [7, 11) is 0. The van der Waals surface area contributed by atoms with E-state index in [1.807, 2.05) is 44.2 Å². The standard InChI is InChI=1S/C16H16N4O/c1-3-14-19-15(17)10(2)16(20-14)21-12-8-11-6-4-5-7-13(11)18-9-12/h4-9H,3H2,1-2H3,(H2,17,19,20). The molecule has 2 N–H and O–H groups in total. The van der Waals surface area contributed by atoms with Gasteiger partial charge in [-0.1, -0.05) is 25.1 Å². The van der Waals surface area contributed by atoms with Crippen molar-refractivity contribution in [2.24, 2.45) is 0 Å². The molecule has 0 aliphatic carbocycles. The van der Waals surface area contributed by atoms with E-state index in [0.29, 0.717) is 29.7 Å². The lowest BCUT2D eigenvalue weighted by Crippen LogP contribution is -2.04. The topological polar surface area (TPSA) is 73.9 Å². The van der Waals surface area contributed by atoms with Gasteiger partial charge in [0.05, 0.1) is 17.3 Å². The number of aromatic nitrogens is 3. The van der Waals surface area contributed by atoms with Gasteiger partial charge in [0, 0.05) is 11.8 Å². The summed E-state index contributed by atoms with van der Waals surface area (Å²) in [5.74, 6) is 2.24. The average molecular weight is 280 g/mol. The molecule has 0 fully saturated rings. The Morgan fingerprint density at radius 3 is 2.81 bits per heavy atom. The summed E-state index contributed by atoms with van der Waals surface area (Å²) in [6.07, 6.45) is 2.39. The van der Waals surface area contributed by atoms with Crippen molar-refractivity contribution in [1.82, 2.24) is 15.0 Å². The molecule has 0 aliphatic heterocycles. The molecule has 0 saturated carbocycles. The van der Waals surface area contributed by atoms with Gasteiger partial charge in [0.15, 0.2) is 0 Å². The highest BCUT2D eigenvalue weighted by Crippen LogP contribution is 2.27. The third kappa shape index (κ3) is 2.63. The Morgan fingerprint density at radius 2 is 2.00 bits per heavy atom. The molecular weight excluding hydrogens is 264 g/mol. The molecule has 3 rings (SSSR count). The van der Waals surface area contributed by atoms with Gasteiger partial charge in [-0.3, -0.25) is 4.98 Å². The second-order valence-electron chi connectivity index (χ2n) is 4.77. The molecule has 0 amide bonds. The SMILES string of the molecule is CCc1nc(N)c(C)c(Oc2cnc3ccccc3c2)n1. The zero-order valence-corrected chi connectivity index (χ0v) is 12.0. The summed E-state index contributed by atoms with van der Waals surface area (Å²) in [5, 5.41) is 1.02. The van der Waals surface area contributed by atoms with Crippen LogP contribution in [0, 0.1) is 6.92 Å². The third-order valence-electron chi connectivity index (χ3n) is 3.28. The maximum Gasteiger partial charge on any atom is 0.227 e. The van der Waals surface area contributed by atoms with E-state index in [4.69, 9.17) is 10.5 Å². The van der Waals surface area contributed by atoms with Crippen molar-refractivity contribution in [3.05, 3.63) is 47.9 Å². The number of para-hydroxylation sites is 1. The largest absolute Gasteiger partial charge is 0.437 e. The highest BCUT2D eigenvalue weighted by Gasteiger charge is 2.10. The summed E-state index contributed by atoms with van der Waals surface area (Å²) >= 11 is 0. The van der Waals surface area contributed by atoms with Crippen molar-refractivity contribution in [3.8, 4) is 11.6 Å². The Hall–Kier alpha value is -2.69. The fourth-order valence-electron chi connectivity index (χ4n) is 2.03. The molecule has 106 valence electrons. The minimum absolute atomic E-state index is 0.450. The predicted octanol–water partition coefficient (Wildman–Crippen LogP) is 3.27. The Kier molecular flexibility index (Phi) is 3.39. The van der Waals surface area contributed by atoms with Crippen molar-refractivity contribution in [1.29, 1.82) is 0 Å². The van der Waals surface area contributed by atoms with Crippen LogP contribution in [0.2, 0.25) is 0 Å². The number of anilines is 1. The van der Waals surface area contributed by atoms with E-state index in [2.05, 4.69) is 15.0 Å². The fraction of sp³-hybridized carbons (Fsp3) is 0.188. The van der Waals surface area contributed by atoms with Gasteiger partial charge in [0.25, 0.3) is 0 Å². The zero-order valence-electron chi connectivity index (χ0n) is 12.0. The quantitative estimate of drug-likeness (QED) is 0.797. The van der Waals surface area contributed by atoms with Crippen LogP contribution in [0.25, 0.3) is 10.9 Å². The van der Waals surface area contributed by atoms with Crippen molar-refractivity contribution in [2.75, 3.05) is 5.73 Å². The summed E-state index contributed by atoms with van der Waals surface area (Å²) in [4.78, 5) is 13.0. The second kappa shape index (κ2) is 5.36. The summed E-state index contributed by atoms with van der Waals surface area (Å²) in [5.41, 5.74) is 7.56. The molecule has 21 heavy (non-hydrogen) atoms. The van der Waals surface area contributed by atoms with Gasteiger partial charge in [0.2, 0.25) is 5.88 Å². The van der Waals surface area contributed by atoms with Crippen LogP contribution < -0.4 is 10.5 Å². The van der Waals surface area contributed by atoms with Crippen molar-refractivity contribution in [3.63, 3.8) is 0 Å². The summed E-state index contributed by atoms with van der Waals surface area (Å²) < 4.78 is 5.85. The molecule has 0 atom stereocenters. The number of nitrogens with two attached hydrogens (primary N) is 1. The van der Waals surface area contributed by atoms with Gasteiger partial charge >= 0.3 is 0 Å². The van der Waals surface area contributed by atoms with Gasteiger partial charge in [-0.05, 0) is 19.1 Å². The number of nitrogen functional groups attached to an aromatic ring is 1. The first-order valence-electron chi connectivity index (χ1n) is 6.83. The van der Waals surface area contributed by atoms with E-state index in [1.54, 1.807) is 6.20 Å². The van der Waals surface area contributed by atoms with Crippen LogP contribution in [0.15, 0.2) is 36.5 Å². The van der Waals surface area contributed by atoms with Crippen molar-refractivity contribution in [2.45, 2.75) is 20.3 Å². The van der Waals surface area contributed by atoms with E-state index < -0.39 is 0 Å². The molecule has 5 heteroatoms. The van der Waals surface area contributed by atoms with Crippen LogP contribution >= 0.6 is 0 Å². The third-order valence-corrected chi connectivity index (χ3v) is 3.28.